The normalized spacial score (nSPS) is 12.2. The molecule has 0 bridgehead atoms. The lowest BCUT2D eigenvalue weighted by Crippen LogP contribution is -2.42. The third-order valence-electron chi connectivity index (χ3n) is 7.51. The molecule has 2 atom stereocenters. The summed E-state index contributed by atoms with van der Waals surface area (Å²) in [4.78, 5) is 24.9. The molecule has 1 aromatic heterocycles. The molecule has 0 N–H and O–H groups in total. The average Bonchev–Trinajstić information content (AvgIpc) is 3.01. The second-order valence-corrected chi connectivity index (χ2v) is 11.8. The van der Waals surface area contributed by atoms with Crippen molar-refractivity contribution in [3.8, 4) is 11.5 Å². The zero-order chi connectivity index (χ0) is 30.0. The van der Waals surface area contributed by atoms with Crippen molar-refractivity contribution < 1.29 is 33.0 Å². The van der Waals surface area contributed by atoms with Gasteiger partial charge in [-0.2, -0.15) is 0 Å². The number of esters is 1. The van der Waals surface area contributed by atoms with Gasteiger partial charge in [-0.1, -0.05) is 107 Å². The maximum absolute atomic E-state index is 12.6. The maximum atomic E-state index is 12.6. The predicted molar refractivity (Wildman–Crippen MR) is 165 cm³/mol. The fourth-order valence-electron chi connectivity index (χ4n) is 5.15. The molecule has 7 nitrogen and oxygen atoms in total. The Balaban J connectivity index is 1.45. The Kier molecular flexibility index (Phi) is 15.3. The molecule has 0 aliphatic heterocycles. The van der Waals surface area contributed by atoms with E-state index in [0.29, 0.717) is 17.9 Å². The van der Waals surface area contributed by atoms with Gasteiger partial charge in [0.1, 0.15) is 17.1 Å². The Morgan fingerprint density at radius 1 is 0.833 bits per heavy atom. The lowest BCUT2D eigenvalue weighted by Gasteiger charge is -2.14. The number of hydrogen-bond acceptors (Lipinski definition) is 6. The first-order chi connectivity index (χ1) is 20.5. The van der Waals surface area contributed by atoms with Crippen molar-refractivity contribution in [3.63, 3.8) is 0 Å². The monoisotopic (exact) mass is 596 g/mol. The zero-order valence-electron chi connectivity index (χ0n) is 25.3. The van der Waals surface area contributed by atoms with Crippen LogP contribution in [0.5, 0.6) is 11.5 Å². The maximum Gasteiger partial charge on any atom is 0.493 e. The summed E-state index contributed by atoms with van der Waals surface area (Å²) in [6.45, 7) is 2.80. The number of fused-ring (bicyclic) bond motifs is 1. The standard InChI is InChI=1S/C34H47NO6P/c1-3-4-5-6-7-8-9-10-11-12-13-14-15-18-26-40-29-23-24-32(30(27-29)33(36)39-2)41-34(42(37)38)35-25-19-21-28-20-16-17-22-31(28)35/h16-17,19-25,27,34H,3-15,18,26H2,1-2H3/q+1. The van der Waals surface area contributed by atoms with Crippen molar-refractivity contribution in [3.05, 3.63) is 66.4 Å². The van der Waals surface area contributed by atoms with Crippen molar-refractivity contribution >= 4 is 24.9 Å². The third kappa shape index (κ3) is 11.0. The fourth-order valence-corrected chi connectivity index (χ4v) is 5.75. The van der Waals surface area contributed by atoms with Crippen LogP contribution in [0, 0.1) is 0 Å². The lowest BCUT2D eigenvalue weighted by molar-refractivity contribution is -0.709. The Morgan fingerprint density at radius 3 is 2.05 bits per heavy atom. The molecule has 3 rings (SSSR count). The summed E-state index contributed by atoms with van der Waals surface area (Å²) < 4.78 is 30.6. The molecule has 0 fully saturated rings. The van der Waals surface area contributed by atoms with Crippen LogP contribution >= 0.6 is 8.03 Å². The van der Waals surface area contributed by atoms with Crippen LogP contribution in [-0.2, 0) is 9.30 Å². The predicted octanol–water partition coefficient (Wildman–Crippen LogP) is 8.41. The highest BCUT2D eigenvalue weighted by Gasteiger charge is 2.37. The van der Waals surface area contributed by atoms with Gasteiger partial charge in [-0.25, -0.2) is 4.79 Å². The molecule has 228 valence electrons. The van der Waals surface area contributed by atoms with Crippen LogP contribution in [0.25, 0.3) is 10.9 Å². The highest BCUT2D eigenvalue weighted by atomic mass is 31.1. The van der Waals surface area contributed by atoms with Crippen LogP contribution in [0.4, 0.5) is 0 Å². The largest absolute Gasteiger partial charge is 0.587 e. The molecule has 0 radical (unpaired) electrons. The smallest absolute Gasteiger partial charge is 0.493 e. The van der Waals surface area contributed by atoms with Gasteiger partial charge < -0.3 is 19.1 Å². The van der Waals surface area contributed by atoms with Gasteiger partial charge in [0.25, 0.3) is 0 Å². The molecule has 8 heteroatoms. The number of benzene rings is 2. The minimum Gasteiger partial charge on any atom is -0.587 e. The summed E-state index contributed by atoms with van der Waals surface area (Å²) in [5.41, 5.74) is 0.801. The van der Waals surface area contributed by atoms with E-state index in [9.17, 15) is 14.3 Å². The number of ether oxygens (including phenoxy) is 3. The highest BCUT2D eigenvalue weighted by Crippen LogP contribution is 2.33. The molecule has 0 saturated carbocycles. The first kappa shape index (κ1) is 33.5. The molecule has 42 heavy (non-hydrogen) atoms. The molecule has 1 heterocycles. The minimum absolute atomic E-state index is 0.107. The Labute approximate surface area is 252 Å². The Hall–Kier alpha value is -3.02. The van der Waals surface area contributed by atoms with E-state index < -0.39 is 20.0 Å². The van der Waals surface area contributed by atoms with Gasteiger partial charge in [-0.15, -0.1) is 4.57 Å². The average molecular weight is 597 g/mol. The van der Waals surface area contributed by atoms with Gasteiger partial charge in [0.2, 0.25) is 5.52 Å². The van der Waals surface area contributed by atoms with Crippen molar-refractivity contribution in [1.82, 2.24) is 0 Å². The first-order valence-corrected chi connectivity index (χ1v) is 16.8. The van der Waals surface area contributed by atoms with Crippen LogP contribution in [0.2, 0.25) is 0 Å². The van der Waals surface area contributed by atoms with Crippen LogP contribution in [0.1, 0.15) is 113 Å². The molecule has 2 aromatic carbocycles. The van der Waals surface area contributed by atoms with E-state index >= 15 is 0 Å². The van der Waals surface area contributed by atoms with Crippen LogP contribution in [0.15, 0.2) is 60.8 Å². The summed E-state index contributed by atoms with van der Waals surface area (Å²) in [7, 11) is -1.77. The molecular weight excluding hydrogens is 549 g/mol. The second-order valence-electron chi connectivity index (χ2n) is 10.8. The molecule has 0 saturated heterocycles. The van der Waals surface area contributed by atoms with Crippen LogP contribution < -0.4 is 18.9 Å². The number of carbonyl (C=O) groups is 1. The molecule has 0 aliphatic rings. The summed E-state index contributed by atoms with van der Waals surface area (Å²) in [6, 6.07) is 15.9. The summed E-state index contributed by atoms with van der Waals surface area (Å²) >= 11 is 0. The molecule has 2 unspecified atom stereocenters. The molecule has 0 spiro atoms. The SMILES string of the molecule is CCCCCCCCCCCCCCCCOc1ccc(OC([n+]2cccc3ccccc32)[P+](=O)[O-])c(C(=O)OC)c1. The number of aromatic nitrogens is 1. The van der Waals surface area contributed by atoms with E-state index in [1.807, 2.05) is 30.3 Å². The number of unbranched alkanes of at least 4 members (excludes halogenated alkanes) is 13. The third-order valence-corrected chi connectivity index (χ3v) is 8.23. The van der Waals surface area contributed by atoms with E-state index in [4.69, 9.17) is 14.2 Å². The number of methoxy groups -OCH3 is 1. The van der Waals surface area contributed by atoms with Crippen molar-refractivity contribution in [2.45, 2.75) is 103 Å². The summed E-state index contributed by atoms with van der Waals surface area (Å²) in [5, 5.41) is 0.867. The summed E-state index contributed by atoms with van der Waals surface area (Å²) in [5.74, 6) is -1.36. The number of rotatable bonds is 21. The summed E-state index contributed by atoms with van der Waals surface area (Å²) in [6.07, 6.45) is 19.7. The molecular formula is C34H47NO6P+. The van der Waals surface area contributed by atoms with Gasteiger partial charge in [0, 0.05) is 17.5 Å². The van der Waals surface area contributed by atoms with Gasteiger partial charge in [-0.3, -0.25) is 0 Å². The van der Waals surface area contributed by atoms with E-state index in [2.05, 4.69) is 6.92 Å². The minimum atomic E-state index is -3.05. The van der Waals surface area contributed by atoms with Crippen LogP contribution in [-0.4, -0.2) is 19.7 Å². The van der Waals surface area contributed by atoms with Crippen LogP contribution in [0.3, 0.4) is 0 Å². The number of para-hydroxylation sites is 1. The fraction of sp³-hybridized carbons (Fsp3) is 0.529. The second kappa shape index (κ2) is 19.2. The molecule has 0 amide bonds. The first-order valence-electron chi connectivity index (χ1n) is 15.6. The van der Waals surface area contributed by atoms with Crippen molar-refractivity contribution in [1.29, 1.82) is 0 Å². The topological polar surface area (TPSA) is 88.8 Å². The van der Waals surface area contributed by atoms with E-state index in [1.54, 1.807) is 30.5 Å². The highest BCUT2D eigenvalue weighted by molar-refractivity contribution is 7.36. The van der Waals surface area contributed by atoms with Gasteiger partial charge in [0.15, 0.2) is 6.20 Å². The van der Waals surface area contributed by atoms with E-state index in [0.717, 1.165) is 18.2 Å². The molecule has 0 aliphatic carbocycles. The Bertz CT molecular complexity index is 1240. The van der Waals surface area contributed by atoms with Crippen molar-refractivity contribution in [2.24, 2.45) is 0 Å². The number of nitrogens with zero attached hydrogens (tertiary/aromatic N) is 1. The Morgan fingerprint density at radius 2 is 1.43 bits per heavy atom. The number of pyridine rings is 1. The van der Waals surface area contributed by atoms with Gasteiger partial charge >= 0.3 is 20.0 Å². The number of carbonyl (C=O) groups excluding carboxylic acids is 1. The molecule has 3 aromatic rings. The quantitative estimate of drug-likeness (QED) is 0.0531. The lowest BCUT2D eigenvalue weighted by atomic mass is 10.0. The van der Waals surface area contributed by atoms with Gasteiger partial charge in [0.05, 0.1) is 13.7 Å². The van der Waals surface area contributed by atoms with Gasteiger partial charge in [-0.05, 0) is 36.8 Å². The van der Waals surface area contributed by atoms with E-state index in [-0.39, 0.29) is 11.3 Å². The number of hydrogen-bond donors (Lipinski definition) is 0. The van der Waals surface area contributed by atoms with E-state index in [1.165, 1.54) is 88.7 Å². The van der Waals surface area contributed by atoms with Crippen molar-refractivity contribution in [2.75, 3.05) is 13.7 Å². The zero-order valence-corrected chi connectivity index (χ0v) is 26.2.